The van der Waals surface area contributed by atoms with Gasteiger partial charge in [0.05, 0.1) is 0 Å². The van der Waals surface area contributed by atoms with Crippen LogP contribution in [0.4, 0.5) is 0 Å². The molecule has 4 nitrogen and oxygen atoms in total. The van der Waals surface area contributed by atoms with Gasteiger partial charge in [-0.1, -0.05) is 6.92 Å². The van der Waals surface area contributed by atoms with Crippen molar-refractivity contribution in [2.75, 3.05) is 6.54 Å². The first-order chi connectivity index (χ1) is 9.61. The lowest BCUT2D eigenvalue weighted by Gasteiger charge is -2.60. The normalized spacial score (nSPS) is 42.3. The van der Waals surface area contributed by atoms with Gasteiger partial charge in [0.25, 0.3) is 0 Å². The first-order valence-electron chi connectivity index (χ1n) is 8.14. The lowest BCUT2D eigenvalue weighted by atomic mass is 9.44. The van der Waals surface area contributed by atoms with Crippen molar-refractivity contribution in [2.24, 2.45) is 23.0 Å². The van der Waals surface area contributed by atoms with E-state index in [4.69, 9.17) is 10.2 Å². The predicted octanol–water partition coefficient (Wildman–Crippen LogP) is 2.82. The Morgan fingerprint density at radius 1 is 1.20 bits per heavy atom. The summed E-state index contributed by atoms with van der Waals surface area (Å²) in [6.45, 7) is 3.16. The van der Waals surface area contributed by atoms with Gasteiger partial charge in [-0.05, 0) is 68.7 Å². The van der Waals surface area contributed by atoms with E-state index in [1.165, 1.54) is 38.5 Å². The minimum absolute atomic E-state index is 0.201. The molecule has 4 aliphatic carbocycles. The zero-order chi connectivity index (χ0) is 13.8. The molecule has 2 unspecified atom stereocenters. The van der Waals surface area contributed by atoms with Gasteiger partial charge < -0.3 is 10.2 Å². The molecule has 0 spiro atoms. The van der Waals surface area contributed by atoms with Crippen molar-refractivity contribution in [1.29, 1.82) is 0 Å². The van der Waals surface area contributed by atoms with Crippen molar-refractivity contribution in [2.45, 2.75) is 63.7 Å². The summed E-state index contributed by atoms with van der Waals surface area (Å²) in [6.07, 6.45) is 9.83. The molecular weight excluding hydrogens is 250 g/mol. The van der Waals surface area contributed by atoms with Gasteiger partial charge in [-0.3, -0.25) is 0 Å². The summed E-state index contributed by atoms with van der Waals surface area (Å²) in [5.74, 6) is 3.50. The number of rotatable bonds is 4. The molecule has 1 heterocycles. The maximum Gasteiger partial charge on any atom is 0.222 e. The van der Waals surface area contributed by atoms with Gasteiger partial charge in [-0.25, -0.2) is 0 Å². The van der Waals surface area contributed by atoms with Gasteiger partial charge in [-0.2, -0.15) is 0 Å². The number of hydrogen-bond donors (Lipinski definition) is 1. The van der Waals surface area contributed by atoms with Gasteiger partial charge in [-0.15, -0.1) is 10.2 Å². The Morgan fingerprint density at radius 3 is 2.60 bits per heavy atom. The van der Waals surface area contributed by atoms with Gasteiger partial charge in [0.15, 0.2) is 0 Å². The van der Waals surface area contributed by atoms with Crippen molar-refractivity contribution in [3.05, 3.63) is 11.8 Å². The van der Waals surface area contributed by atoms with E-state index in [0.717, 1.165) is 36.5 Å². The zero-order valence-corrected chi connectivity index (χ0v) is 12.4. The van der Waals surface area contributed by atoms with Crippen LogP contribution < -0.4 is 5.73 Å². The van der Waals surface area contributed by atoms with Crippen molar-refractivity contribution in [3.8, 4) is 0 Å². The standard InChI is InChI=1S/C16H25N3O/c1-15-6-11-5-12(7-15)9-16(8-11,10-15)14-19-18-13(20-14)3-2-4-17/h11-12H,2-10,17H2,1H3. The third-order valence-corrected chi connectivity index (χ3v) is 5.87. The van der Waals surface area contributed by atoms with E-state index < -0.39 is 0 Å². The third kappa shape index (κ3) is 1.92. The number of nitrogens with two attached hydrogens (primary N) is 1. The maximum atomic E-state index is 6.04. The number of hydrogen-bond acceptors (Lipinski definition) is 4. The summed E-state index contributed by atoms with van der Waals surface area (Å²) < 4.78 is 6.04. The molecule has 0 amide bonds. The molecule has 5 rings (SSSR count). The Hall–Kier alpha value is -0.900. The largest absolute Gasteiger partial charge is 0.425 e. The molecule has 4 bridgehead atoms. The van der Waals surface area contributed by atoms with Crippen LogP contribution in [-0.4, -0.2) is 16.7 Å². The molecule has 110 valence electrons. The van der Waals surface area contributed by atoms with Crippen LogP contribution >= 0.6 is 0 Å². The molecule has 0 radical (unpaired) electrons. The third-order valence-electron chi connectivity index (χ3n) is 5.87. The van der Waals surface area contributed by atoms with Crippen LogP contribution in [0.25, 0.3) is 0 Å². The molecule has 0 aliphatic heterocycles. The monoisotopic (exact) mass is 275 g/mol. The highest BCUT2D eigenvalue weighted by atomic mass is 16.4. The van der Waals surface area contributed by atoms with Gasteiger partial charge in [0.1, 0.15) is 0 Å². The summed E-state index contributed by atoms with van der Waals surface area (Å²) in [7, 11) is 0. The highest BCUT2D eigenvalue weighted by Crippen LogP contribution is 2.65. The van der Waals surface area contributed by atoms with E-state index in [9.17, 15) is 0 Å². The molecule has 20 heavy (non-hydrogen) atoms. The minimum atomic E-state index is 0.201. The smallest absolute Gasteiger partial charge is 0.222 e. The van der Waals surface area contributed by atoms with Gasteiger partial charge >= 0.3 is 0 Å². The lowest BCUT2D eigenvalue weighted by molar-refractivity contribution is -0.0712. The fourth-order valence-corrected chi connectivity index (χ4v) is 5.79. The van der Waals surface area contributed by atoms with E-state index >= 15 is 0 Å². The Kier molecular flexibility index (Phi) is 2.75. The molecule has 2 atom stereocenters. The topological polar surface area (TPSA) is 64.9 Å². The molecule has 0 saturated heterocycles. The van der Waals surface area contributed by atoms with Gasteiger partial charge in [0.2, 0.25) is 11.8 Å². The Morgan fingerprint density at radius 2 is 1.95 bits per heavy atom. The SMILES string of the molecule is CC12CC3CC(C1)CC(c1nnc(CCCN)o1)(C3)C2. The second kappa shape index (κ2) is 4.30. The molecule has 4 heteroatoms. The molecule has 4 fully saturated rings. The van der Waals surface area contributed by atoms with E-state index in [2.05, 4.69) is 17.1 Å². The fraction of sp³-hybridized carbons (Fsp3) is 0.875. The molecule has 2 N–H and O–H groups in total. The van der Waals surface area contributed by atoms with E-state index in [1.54, 1.807) is 0 Å². The first-order valence-corrected chi connectivity index (χ1v) is 8.14. The quantitative estimate of drug-likeness (QED) is 0.917. The molecule has 4 saturated carbocycles. The Labute approximate surface area is 120 Å². The molecule has 1 aromatic heterocycles. The van der Waals surface area contributed by atoms with Crippen molar-refractivity contribution in [1.82, 2.24) is 10.2 Å². The summed E-state index contributed by atoms with van der Waals surface area (Å²) in [6, 6.07) is 0. The van der Waals surface area contributed by atoms with Crippen LogP contribution in [0.2, 0.25) is 0 Å². The number of aromatic nitrogens is 2. The predicted molar refractivity (Wildman–Crippen MR) is 76.1 cm³/mol. The minimum Gasteiger partial charge on any atom is -0.425 e. The summed E-state index contributed by atoms with van der Waals surface area (Å²) in [4.78, 5) is 0. The van der Waals surface area contributed by atoms with E-state index in [-0.39, 0.29) is 5.41 Å². The van der Waals surface area contributed by atoms with Crippen molar-refractivity contribution < 1.29 is 4.42 Å². The number of nitrogens with zero attached hydrogens (tertiary/aromatic N) is 2. The maximum absolute atomic E-state index is 6.04. The van der Waals surface area contributed by atoms with Crippen molar-refractivity contribution >= 4 is 0 Å². The van der Waals surface area contributed by atoms with Crippen LogP contribution in [0.1, 0.15) is 63.7 Å². The van der Waals surface area contributed by atoms with Gasteiger partial charge in [0, 0.05) is 11.8 Å². The van der Waals surface area contributed by atoms with Crippen LogP contribution in [-0.2, 0) is 11.8 Å². The van der Waals surface area contributed by atoms with E-state index in [0.29, 0.717) is 12.0 Å². The second-order valence-electron chi connectivity index (χ2n) is 7.95. The average molecular weight is 275 g/mol. The lowest BCUT2D eigenvalue weighted by Crippen LogP contribution is -2.53. The zero-order valence-electron chi connectivity index (χ0n) is 12.4. The summed E-state index contributed by atoms with van der Waals surface area (Å²) >= 11 is 0. The molecule has 1 aromatic rings. The highest BCUT2D eigenvalue weighted by molar-refractivity contribution is 5.17. The Balaban J connectivity index is 1.62. The van der Waals surface area contributed by atoms with Crippen LogP contribution in [0.3, 0.4) is 0 Å². The van der Waals surface area contributed by atoms with Crippen LogP contribution in [0, 0.1) is 17.3 Å². The first kappa shape index (κ1) is 12.8. The molecular formula is C16H25N3O. The summed E-state index contributed by atoms with van der Waals surface area (Å²) in [5, 5.41) is 8.69. The Bertz CT molecular complexity index is 496. The molecule has 4 aliphatic rings. The highest BCUT2D eigenvalue weighted by Gasteiger charge is 2.58. The van der Waals surface area contributed by atoms with Crippen molar-refractivity contribution in [3.63, 3.8) is 0 Å². The summed E-state index contributed by atoms with van der Waals surface area (Å²) in [5.41, 5.74) is 6.28. The van der Waals surface area contributed by atoms with E-state index in [1.807, 2.05) is 0 Å². The van der Waals surface area contributed by atoms with Crippen LogP contribution in [0.15, 0.2) is 4.42 Å². The fourth-order valence-electron chi connectivity index (χ4n) is 5.79. The van der Waals surface area contributed by atoms with Crippen LogP contribution in [0.5, 0.6) is 0 Å². The number of aryl methyl sites for hydroxylation is 1. The molecule has 0 aromatic carbocycles. The second-order valence-corrected chi connectivity index (χ2v) is 7.95. The average Bonchev–Trinajstić information content (AvgIpc) is 2.82.